The van der Waals surface area contributed by atoms with Crippen LogP contribution in [0, 0.1) is 5.92 Å². The van der Waals surface area contributed by atoms with Gasteiger partial charge in [0.1, 0.15) is 18.0 Å². The zero-order chi connectivity index (χ0) is 13.0. The highest BCUT2D eigenvalue weighted by atomic mass is 15.2. The third-order valence-corrected chi connectivity index (χ3v) is 3.41. The maximum Gasteiger partial charge on any atom is 0.133 e. The van der Waals surface area contributed by atoms with Gasteiger partial charge in [0.25, 0.3) is 0 Å². The topological polar surface area (TPSA) is 67.1 Å². The van der Waals surface area contributed by atoms with Gasteiger partial charge >= 0.3 is 0 Å². The summed E-state index contributed by atoms with van der Waals surface area (Å²) in [7, 11) is 2.09. The summed E-state index contributed by atoms with van der Waals surface area (Å²) in [5.41, 5.74) is 5.71. The van der Waals surface area contributed by atoms with E-state index in [1.807, 2.05) is 13.0 Å². The van der Waals surface area contributed by atoms with Crippen molar-refractivity contribution in [3.63, 3.8) is 0 Å². The van der Waals surface area contributed by atoms with E-state index in [0.717, 1.165) is 30.6 Å². The van der Waals surface area contributed by atoms with Crippen molar-refractivity contribution < 1.29 is 0 Å². The molecule has 1 aliphatic carbocycles. The largest absolute Gasteiger partial charge is 0.368 e. The summed E-state index contributed by atoms with van der Waals surface area (Å²) in [5.74, 6) is 2.66. The Morgan fingerprint density at radius 2 is 2.28 bits per heavy atom. The van der Waals surface area contributed by atoms with Crippen LogP contribution in [0.5, 0.6) is 0 Å². The lowest BCUT2D eigenvalue weighted by Crippen LogP contribution is -2.30. The minimum atomic E-state index is 0.121. The van der Waals surface area contributed by atoms with Crippen molar-refractivity contribution >= 4 is 11.6 Å². The molecule has 100 valence electrons. The Morgan fingerprint density at radius 1 is 1.50 bits per heavy atom. The lowest BCUT2D eigenvalue weighted by molar-refractivity contribution is 0.321. The fourth-order valence-electron chi connectivity index (χ4n) is 2.07. The van der Waals surface area contributed by atoms with Gasteiger partial charge < -0.3 is 16.0 Å². The van der Waals surface area contributed by atoms with Gasteiger partial charge in [0.05, 0.1) is 0 Å². The quantitative estimate of drug-likeness (QED) is 0.799. The van der Waals surface area contributed by atoms with Gasteiger partial charge in [-0.1, -0.05) is 6.42 Å². The number of rotatable bonds is 6. The molecule has 1 unspecified atom stereocenters. The van der Waals surface area contributed by atoms with Crippen molar-refractivity contribution in [3.8, 4) is 0 Å². The Hall–Kier alpha value is -1.36. The summed E-state index contributed by atoms with van der Waals surface area (Å²) in [5, 5.41) is 3.22. The Kier molecular flexibility index (Phi) is 4.36. The van der Waals surface area contributed by atoms with Crippen LogP contribution in [0.2, 0.25) is 0 Å². The van der Waals surface area contributed by atoms with Crippen molar-refractivity contribution in [2.24, 2.45) is 11.7 Å². The molecule has 1 aromatic heterocycles. The Balaban J connectivity index is 1.92. The minimum Gasteiger partial charge on any atom is -0.368 e. The van der Waals surface area contributed by atoms with Gasteiger partial charge in [-0.2, -0.15) is 0 Å². The highest BCUT2D eigenvalue weighted by Gasteiger charge is 2.19. The molecule has 0 bridgehead atoms. The number of anilines is 2. The molecule has 18 heavy (non-hydrogen) atoms. The predicted octanol–water partition coefficient (Wildman–Crippen LogP) is 1.47. The zero-order valence-corrected chi connectivity index (χ0v) is 11.3. The van der Waals surface area contributed by atoms with Crippen molar-refractivity contribution in [1.82, 2.24) is 9.97 Å². The van der Waals surface area contributed by atoms with Gasteiger partial charge in [0.2, 0.25) is 0 Å². The molecule has 0 radical (unpaired) electrons. The molecule has 1 atom stereocenters. The van der Waals surface area contributed by atoms with Crippen LogP contribution < -0.4 is 16.0 Å². The molecule has 0 spiro atoms. The first-order valence-corrected chi connectivity index (χ1v) is 6.68. The van der Waals surface area contributed by atoms with E-state index in [0.29, 0.717) is 0 Å². The average molecular weight is 249 g/mol. The second-order valence-corrected chi connectivity index (χ2v) is 5.30. The van der Waals surface area contributed by atoms with Crippen LogP contribution in [0.25, 0.3) is 0 Å². The van der Waals surface area contributed by atoms with E-state index in [9.17, 15) is 0 Å². The third-order valence-electron chi connectivity index (χ3n) is 3.41. The number of nitrogens with one attached hydrogen (secondary N) is 1. The molecule has 3 N–H and O–H groups in total. The molecule has 2 rings (SSSR count). The average Bonchev–Trinajstić information content (AvgIpc) is 2.31. The summed E-state index contributed by atoms with van der Waals surface area (Å²) in [4.78, 5) is 10.7. The SMILES string of the molecule is CC(N)CNc1cc(N(C)CC2CCC2)ncn1. The zero-order valence-electron chi connectivity index (χ0n) is 11.3. The van der Waals surface area contributed by atoms with Crippen LogP contribution in [-0.2, 0) is 0 Å². The smallest absolute Gasteiger partial charge is 0.133 e. The lowest BCUT2D eigenvalue weighted by atomic mass is 9.85. The first-order valence-electron chi connectivity index (χ1n) is 6.68. The standard InChI is InChI=1S/C13H23N5/c1-10(14)7-15-12-6-13(17-9-16-12)18(2)8-11-4-3-5-11/h6,9-11H,3-5,7-8,14H2,1-2H3,(H,15,16,17). The van der Waals surface area contributed by atoms with Crippen LogP contribution in [0.4, 0.5) is 11.6 Å². The van der Waals surface area contributed by atoms with Crippen LogP contribution >= 0.6 is 0 Å². The normalized spacial score (nSPS) is 17.1. The highest BCUT2D eigenvalue weighted by molar-refractivity contribution is 5.48. The van der Waals surface area contributed by atoms with E-state index < -0.39 is 0 Å². The van der Waals surface area contributed by atoms with Gasteiger partial charge in [-0.3, -0.25) is 0 Å². The Morgan fingerprint density at radius 3 is 2.89 bits per heavy atom. The highest BCUT2D eigenvalue weighted by Crippen LogP contribution is 2.28. The van der Waals surface area contributed by atoms with Gasteiger partial charge in [0.15, 0.2) is 0 Å². The number of nitrogens with two attached hydrogens (primary N) is 1. The molecule has 1 aliphatic rings. The molecular weight excluding hydrogens is 226 g/mol. The van der Waals surface area contributed by atoms with Crippen LogP contribution in [0.1, 0.15) is 26.2 Å². The summed E-state index contributed by atoms with van der Waals surface area (Å²) in [6.07, 6.45) is 5.69. The molecule has 1 heterocycles. The van der Waals surface area contributed by atoms with Crippen molar-refractivity contribution in [2.75, 3.05) is 30.4 Å². The first kappa shape index (κ1) is 13.1. The van der Waals surface area contributed by atoms with Crippen molar-refractivity contribution in [1.29, 1.82) is 0 Å². The van der Waals surface area contributed by atoms with Gasteiger partial charge in [-0.25, -0.2) is 9.97 Å². The summed E-state index contributed by atoms with van der Waals surface area (Å²) in [6, 6.07) is 2.11. The number of aromatic nitrogens is 2. The van der Waals surface area contributed by atoms with Gasteiger partial charge in [-0.05, 0) is 25.7 Å². The summed E-state index contributed by atoms with van der Waals surface area (Å²) < 4.78 is 0. The van der Waals surface area contributed by atoms with Crippen LogP contribution in [0.15, 0.2) is 12.4 Å². The van der Waals surface area contributed by atoms with Crippen LogP contribution in [-0.4, -0.2) is 36.1 Å². The molecule has 0 aliphatic heterocycles. The third kappa shape index (κ3) is 3.57. The van der Waals surface area contributed by atoms with Gasteiger partial charge in [0, 0.05) is 32.2 Å². The molecule has 5 heteroatoms. The fraction of sp³-hybridized carbons (Fsp3) is 0.692. The molecule has 0 saturated heterocycles. The van der Waals surface area contributed by atoms with Gasteiger partial charge in [-0.15, -0.1) is 0 Å². The number of nitrogens with zero attached hydrogens (tertiary/aromatic N) is 3. The monoisotopic (exact) mass is 249 g/mol. The van der Waals surface area contributed by atoms with E-state index >= 15 is 0 Å². The van der Waals surface area contributed by atoms with Crippen molar-refractivity contribution in [2.45, 2.75) is 32.2 Å². The van der Waals surface area contributed by atoms with Crippen molar-refractivity contribution in [3.05, 3.63) is 12.4 Å². The Labute approximate surface area is 109 Å². The molecular formula is C13H23N5. The molecule has 0 amide bonds. The Bertz CT molecular complexity index is 375. The fourth-order valence-corrected chi connectivity index (χ4v) is 2.07. The van der Waals surface area contributed by atoms with E-state index in [1.54, 1.807) is 6.33 Å². The minimum absolute atomic E-state index is 0.121. The molecule has 5 nitrogen and oxygen atoms in total. The predicted molar refractivity (Wildman–Crippen MR) is 74.8 cm³/mol. The van der Waals surface area contributed by atoms with E-state index in [4.69, 9.17) is 5.73 Å². The van der Waals surface area contributed by atoms with E-state index in [-0.39, 0.29) is 6.04 Å². The maximum absolute atomic E-state index is 5.71. The second-order valence-electron chi connectivity index (χ2n) is 5.30. The number of hydrogen-bond donors (Lipinski definition) is 2. The summed E-state index contributed by atoms with van der Waals surface area (Å²) in [6.45, 7) is 3.78. The van der Waals surface area contributed by atoms with Crippen LogP contribution in [0.3, 0.4) is 0 Å². The molecule has 1 aromatic rings. The number of hydrogen-bond acceptors (Lipinski definition) is 5. The molecule has 1 saturated carbocycles. The van der Waals surface area contributed by atoms with E-state index in [2.05, 4.69) is 27.2 Å². The summed E-state index contributed by atoms with van der Waals surface area (Å²) >= 11 is 0. The molecule has 1 fully saturated rings. The maximum atomic E-state index is 5.71. The molecule has 0 aromatic carbocycles. The first-order chi connectivity index (χ1) is 8.65. The van der Waals surface area contributed by atoms with E-state index in [1.165, 1.54) is 19.3 Å². The second kappa shape index (κ2) is 6.00. The lowest BCUT2D eigenvalue weighted by Gasteiger charge is -2.30.